The zero-order valence-electron chi connectivity index (χ0n) is 6.28. The second-order valence-electron chi connectivity index (χ2n) is 2.52. The summed E-state index contributed by atoms with van der Waals surface area (Å²) in [5.41, 5.74) is 2.82. The Kier molecular flexibility index (Phi) is 1.47. The first-order valence-corrected chi connectivity index (χ1v) is 3.57. The highest BCUT2D eigenvalue weighted by atomic mass is 16.2. The van der Waals surface area contributed by atoms with Crippen LogP contribution in [-0.2, 0) is 4.79 Å². The third-order valence-corrected chi connectivity index (χ3v) is 1.69. The highest BCUT2D eigenvalue weighted by molar-refractivity contribution is 6.01. The lowest BCUT2D eigenvalue weighted by molar-refractivity contribution is -0.120. The van der Waals surface area contributed by atoms with Gasteiger partial charge in [-0.05, 0) is 6.08 Å². The third kappa shape index (κ3) is 1.02. The first-order valence-electron chi connectivity index (χ1n) is 3.57. The number of hydrazine groups is 2. The maximum Gasteiger partial charge on any atom is 0.340 e. The molecule has 2 aliphatic heterocycles. The maximum absolute atomic E-state index is 11.1. The molecule has 0 saturated carbocycles. The first-order chi connectivity index (χ1) is 5.77. The molecule has 0 aromatic carbocycles. The molecule has 3 amide bonds. The lowest BCUT2D eigenvalue weighted by Gasteiger charge is -2.24. The predicted molar refractivity (Wildman–Crippen MR) is 39.2 cm³/mol. The molecule has 0 spiro atoms. The number of carbonyl (C=O) groups excluding carboxylic acids is 2. The SMILES string of the molecule is O=C1CN(N2CC=CN2)C(=O)N1. The molecule has 12 heavy (non-hydrogen) atoms. The fraction of sp³-hybridized carbons (Fsp3) is 0.333. The molecule has 0 aromatic heterocycles. The molecule has 0 atom stereocenters. The molecule has 0 unspecified atom stereocenters. The summed E-state index contributed by atoms with van der Waals surface area (Å²) in [5, 5.41) is 5.07. The summed E-state index contributed by atoms with van der Waals surface area (Å²) in [7, 11) is 0. The molecule has 2 heterocycles. The van der Waals surface area contributed by atoms with Crippen molar-refractivity contribution in [2.24, 2.45) is 0 Å². The van der Waals surface area contributed by atoms with E-state index in [1.807, 2.05) is 6.08 Å². The van der Waals surface area contributed by atoms with Crippen molar-refractivity contribution >= 4 is 11.9 Å². The van der Waals surface area contributed by atoms with Gasteiger partial charge >= 0.3 is 6.03 Å². The van der Waals surface area contributed by atoms with Crippen LogP contribution >= 0.6 is 0 Å². The van der Waals surface area contributed by atoms with Crippen LogP contribution in [0.3, 0.4) is 0 Å². The molecule has 0 aliphatic carbocycles. The van der Waals surface area contributed by atoms with Crippen molar-refractivity contribution in [3.8, 4) is 0 Å². The highest BCUT2D eigenvalue weighted by Gasteiger charge is 2.31. The second kappa shape index (κ2) is 2.49. The minimum absolute atomic E-state index is 0.0908. The Labute approximate surface area is 68.7 Å². The van der Waals surface area contributed by atoms with E-state index in [2.05, 4.69) is 10.7 Å². The molecular weight excluding hydrogens is 160 g/mol. The quantitative estimate of drug-likeness (QED) is 0.482. The minimum Gasteiger partial charge on any atom is -0.308 e. The van der Waals surface area contributed by atoms with E-state index >= 15 is 0 Å². The van der Waals surface area contributed by atoms with Crippen LogP contribution < -0.4 is 10.7 Å². The van der Waals surface area contributed by atoms with Crippen molar-refractivity contribution in [1.29, 1.82) is 0 Å². The van der Waals surface area contributed by atoms with Gasteiger partial charge in [-0.2, -0.15) is 0 Å². The number of carbonyl (C=O) groups is 2. The summed E-state index contributed by atoms with van der Waals surface area (Å²) in [6.45, 7) is 0.689. The number of imide groups is 1. The molecule has 6 nitrogen and oxygen atoms in total. The van der Waals surface area contributed by atoms with Crippen molar-refractivity contribution in [3.05, 3.63) is 12.3 Å². The largest absolute Gasteiger partial charge is 0.340 e. The van der Waals surface area contributed by atoms with Crippen LogP contribution in [0.4, 0.5) is 4.79 Å². The fourth-order valence-electron chi connectivity index (χ4n) is 1.14. The smallest absolute Gasteiger partial charge is 0.308 e. The Morgan fingerprint density at radius 3 is 2.75 bits per heavy atom. The van der Waals surface area contributed by atoms with Gasteiger partial charge in [0.1, 0.15) is 6.54 Å². The second-order valence-corrected chi connectivity index (χ2v) is 2.52. The van der Waals surface area contributed by atoms with E-state index in [4.69, 9.17) is 0 Å². The number of hydrogen-bond acceptors (Lipinski definition) is 4. The molecule has 1 saturated heterocycles. The lowest BCUT2D eigenvalue weighted by atomic mass is 10.6. The lowest BCUT2D eigenvalue weighted by Crippen LogP contribution is -2.48. The topological polar surface area (TPSA) is 64.7 Å². The average Bonchev–Trinajstić information content (AvgIpc) is 2.58. The van der Waals surface area contributed by atoms with Crippen LogP contribution in [-0.4, -0.2) is 35.2 Å². The molecule has 2 aliphatic rings. The van der Waals surface area contributed by atoms with Gasteiger partial charge < -0.3 is 5.43 Å². The fourth-order valence-corrected chi connectivity index (χ4v) is 1.14. The van der Waals surface area contributed by atoms with Gasteiger partial charge in [0, 0.05) is 6.20 Å². The van der Waals surface area contributed by atoms with Crippen molar-refractivity contribution in [3.63, 3.8) is 0 Å². The van der Waals surface area contributed by atoms with Crippen molar-refractivity contribution in [2.45, 2.75) is 0 Å². The first kappa shape index (κ1) is 7.11. The van der Waals surface area contributed by atoms with Crippen LogP contribution in [0.25, 0.3) is 0 Å². The third-order valence-electron chi connectivity index (χ3n) is 1.69. The molecule has 64 valence electrons. The van der Waals surface area contributed by atoms with E-state index < -0.39 is 0 Å². The zero-order chi connectivity index (χ0) is 8.55. The van der Waals surface area contributed by atoms with E-state index in [-0.39, 0.29) is 18.5 Å². The van der Waals surface area contributed by atoms with E-state index in [1.54, 1.807) is 11.3 Å². The average molecular weight is 168 g/mol. The normalized spacial score (nSPS) is 23.2. The molecule has 6 heteroatoms. The van der Waals surface area contributed by atoms with Crippen LogP contribution in [0.1, 0.15) is 0 Å². The van der Waals surface area contributed by atoms with E-state index in [9.17, 15) is 9.59 Å². The Morgan fingerprint density at radius 1 is 1.42 bits per heavy atom. The maximum atomic E-state index is 11.1. The van der Waals surface area contributed by atoms with E-state index in [1.165, 1.54) is 5.01 Å². The van der Waals surface area contributed by atoms with Gasteiger partial charge in [0.2, 0.25) is 5.91 Å². The van der Waals surface area contributed by atoms with Crippen molar-refractivity contribution in [2.75, 3.05) is 13.1 Å². The number of amides is 3. The molecular formula is C6H8N4O2. The summed E-state index contributed by atoms with van der Waals surface area (Å²) in [4.78, 5) is 21.8. The van der Waals surface area contributed by atoms with Crippen LogP contribution in [0.15, 0.2) is 12.3 Å². The monoisotopic (exact) mass is 168 g/mol. The Bertz CT molecular complexity index is 254. The number of nitrogens with one attached hydrogen (secondary N) is 2. The van der Waals surface area contributed by atoms with Gasteiger partial charge in [0.25, 0.3) is 0 Å². The molecule has 2 N–H and O–H groups in total. The van der Waals surface area contributed by atoms with Gasteiger partial charge in [-0.3, -0.25) is 10.1 Å². The number of nitrogens with zero attached hydrogens (tertiary/aromatic N) is 2. The molecule has 0 bridgehead atoms. The Balaban J connectivity index is 2.04. The van der Waals surface area contributed by atoms with Crippen LogP contribution in [0.2, 0.25) is 0 Å². The van der Waals surface area contributed by atoms with Gasteiger partial charge in [0.05, 0.1) is 6.54 Å². The van der Waals surface area contributed by atoms with E-state index in [0.29, 0.717) is 6.54 Å². The summed E-state index contributed by atoms with van der Waals surface area (Å²) >= 11 is 0. The van der Waals surface area contributed by atoms with Gasteiger partial charge in [0.15, 0.2) is 0 Å². The molecule has 1 fully saturated rings. The molecule has 2 rings (SSSR count). The van der Waals surface area contributed by atoms with Crippen molar-refractivity contribution in [1.82, 2.24) is 20.9 Å². The summed E-state index contributed by atoms with van der Waals surface area (Å²) in [5.74, 6) is -0.270. The predicted octanol–water partition coefficient (Wildman–Crippen LogP) is -1.21. The van der Waals surface area contributed by atoms with Crippen molar-refractivity contribution < 1.29 is 9.59 Å². The number of hydrogen-bond donors (Lipinski definition) is 2. The zero-order valence-corrected chi connectivity index (χ0v) is 6.28. The van der Waals surface area contributed by atoms with E-state index in [0.717, 1.165) is 0 Å². The summed E-state index contributed by atoms with van der Waals surface area (Å²) < 4.78 is 0. The highest BCUT2D eigenvalue weighted by Crippen LogP contribution is 2.04. The Morgan fingerprint density at radius 2 is 2.25 bits per heavy atom. The number of rotatable bonds is 1. The minimum atomic E-state index is -0.379. The van der Waals surface area contributed by atoms with Crippen LogP contribution in [0, 0.1) is 0 Å². The van der Waals surface area contributed by atoms with Gasteiger partial charge in [-0.25, -0.2) is 9.80 Å². The van der Waals surface area contributed by atoms with Crippen LogP contribution in [0.5, 0.6) is 0 Å². The standard InChI is InChI=1S/C6H8N4O2/c11-5-4-9(6(12)8-5)10-3-1-2-7-10/h1-2,7H,3-4H2,(H,8,11,12). The molecule has 0 radical (unpaired) electrons. The number of urea groups is 1. The summed E-state index contributed by atoms with van der Waals surface area (Å²) in [6.07, 6.45) is 3.58. The molecule has 0 aromatic rings. The van der Waals surface area contributed by atoms with Gasteiger partial charge in [-0.1, -0.05) is 0 Å². The van der Waals surface area contributed by atoms with Gasteiger partial charge in [-0.15, -0.1) is 5.12 Å². The Hall–Kier alpha value is -1.56. The summed E-state index contributed by atoms with van der Waals surface area (Å²) in [6, 6.07) is -0.379.